The molecule has 0 bridgehead atoms. The van der Waals surface area contributed by atoms with Crippen LogP contribution in [0, 0.1) is 5.82 Å². The topological polar surface area (TPSA) is 73.5 Å². The highest BCUT2D eigenvalue weighted by atomic mass is 35.5. The van der Waals surface area contributed by atoms with Crippen LogP contribution in [0.25, 0.3) is 10.9 Å². The number of Topliss-reactive ketones (excluding diaryl/α,β-unsaturated/α-hetero) is 1. The number of benzene rings is 1. The standard InChI is InChI=1S/C21H17ClFN3O3S/c22-12-4-5-17(30)13(10-12)20(28)25-6-8-26(9-7-25)21(29)19(27)14-11-24-16-3-1-2-15(23)18(14)16/h1-4,10-11,24H,5-9H2. The smallest absolute Gasteiger partial charge is 0.295 e. The molecule has 1 saturated heterocycles. The van der Waals surface area contributed by atoms with Gasteiger partial charge in [-0.15, -0.1) is 0 Å². The molecule has 9 heteroatoms. The maximum Gasteiger partial charge on any atom is 0.295 e. The van der Waals surface area contributed by atoms with Gasteiger partial charge in [0.25, 0.3) is 17.6 Å². The normalized spacial score (nSPS) is 17.1. The molecule has 2 aromatic rings. The zero-order valence-corrected chi connectivity index (χ0v) is 17.4. The number of hydrogen-bond acceptors (Lipinski definition) is 4. The highest BCUT2D eigenvalue weighted by Gasteiger charge is 2.31. The van der Waals surface area contributed by atoms with E-state index in [1.54, 1.807) is 23.1 Å². The second kappa shape index (κ2) is 8.12. The first-order chi connectivity index (χ1) is 14.4. The van der Waals surface area contributed by atoms with E-state index >= 15 is 0 Å². The molecule has 2 amide bonds. The Morgan fingerprint density at radius 1 is 1.10 bits per heavy atom. The van der Waals surface area contributed by atoms with Crippen LogP contribution < -0.4 is 0 Å². The van der Waals surface area contributed by atoms with Gasteiger partial charge in [-0.05, 0) is 18.2 Å². The predicted octanol–water partition coefficient (Wildman–Crippen LogP) is 2.98. The second-order valence-corrected chi connectivity index (χ2v) is 7.98. The third-order valence-corrected chi connectivity index (χ3v) is 5.89. The van der Waals surface area contributed by atoms with E-state index in [9.17, 15) is 18.8 Å². The summed E-state index contributed by atoms with van der Waals surface area (Å²) in [6.45, 7) is 0.929. The van der Waals surface area contributed by atoms with Gasteiger partial charge >= 0.3 is 0 Å². The van der Waals surface area contributed by atoms with Crippen molar-refractivity contribution in [3.63, 3.8) is 0 Å². The van der Waals surface area contributed by atoms with Gasteiger partial charge in [0.05, 0.1) is 11.1 Å². The van der Waals surface area contributed by atoms with Gasteiger partial charge < -0.3 is 14.8 Å². The number of ketones is 1. The number of hydrogen-bond donors (Lipinski definition) is 1. The summed E-state index contributed by atoms with van der Waals surface area (Å²) in [6.07, 6.45) is 5.10. The highest BCUT2D eigenvalue weighted by molar-refractivity contribution is 7.81. The third-order valence-electron chi connectivity index (χ3n) is 5.24. The van der Waals surface area contributed by atoms with Crippen molar-refractivity contribution in [2.75, 3.05) is 26.2 Å². The van der Waals surface area contributed by atoms with Crippen molar-refractivity contribution >= 4 is 57.2 Å². The Morgan fingerprint density at radius 3 is 2.53 bits per heavy atom. The van der Waals surface area contributed by atoms with Crippen LogP contribution in [0.1, 0.15) is 16.8 Å². The lowest BCUT2D eigenvalue weighted by Crippen LogP contribution is -2.52. The van der Waals surface area contributed by atoms with Crippen LogP contribution in [0.3, 0.4) is 0 Å². The Labute approximate surface area is 182 Å². The summed E-state index contributed by atoms with van der Waals surface area (Å²) in [5.41, 5.74) is 0.847. The molecule has 1 N–H and O–H groups in total. The number of rotatable bonds is 3. The number of halogens is 2. The molecule has 1 aromatic heterocycles. The molecule has 2 aliphatic rings. The summed E-state index contributed by atoms with van der Waals surface area (Å²) in [4.78, 5) is 44.5. The minimum atomic E-state index is -0.779. The number of H-pyrrole nitrogens is 1. The summed E-state index contributed by atoms with van der Waals surface area (Å²) in [6, 6.07) is 4.40. The van der Waals surface area contributed by atoms with Gasteiger partial charge in [0.1, 0.15) is 5.82 Å². The molecule has 1 aliphatic heterocycles. The maximum atomic E-state index is 14.2. The van der Waals surface area contributed by atoms with E-state index in [4.69, 9.17) is 23.8 Å². The van der Waals surface area contributed by atoms with Crippen molar-refractivity contribution in [3.05, 3.63) is 58.5 Å². The summed E-state index contributed by atoms with van der Waals surface area (Å²) in [5.74, 6) is -2.29. The largest absolute Gasteiger partial charge is 0.360 e. The Hall–Kier alpha value is -2.84. The van der Waals surface area contributed by atoms with Crippen molar-refractivity contribution in [2.45, 2.75) is 6.42 Å². The number of aromatic nitrogens is 1. The summed E-state index contributed by atoms with van der Waals surface area (Å²) in [5, 5.41) is 0.574. The zero-order valence-electron chi connectivity index (χ0n) is 15.8. The van der Waals surface area contributed by atoms with Crippen LogP contribution in [-0.4, -0.2) is 63.4 Å². The number of fused-ring (bicyclic) bond motifs is 1. The first kappa shape index (κ1) is 20.4. The van der Waals surface area contributed by atoms with E-state index in [2.05, 4.69) is 4.98 Å². The predicted molar refractivity (Wildman–Crippen MR) is 115 cm³/mol. The molecule has 30 heavy (non-hydrogen) atoms. The van der Waals surface area contributed by atoms with Crippen LogP contribution in [0.15, 0.2) is 47.2 Å². The van der Waals surface area contributed by atoms with E-state index in [-0.39, 0.29) is 43.0 Å². The Bertz CT molecular complexity index is 1150. The summed E-state index contributed by atoms with van der Waals surface area (Å²) in [7, 11) is 0. The Morgan fingerprint density at radius 2 is 1.80 bits per heavy atom. The second-order valence-electron chi connectivity index (χ2n) is 7.05. The van der Waals surface area contributed by atoms with Crippen molar-refractivity contribution < 1.29 is 18.8 Å². The number of piperazine rings is 1. The molecule has 6 nitrogen and oxygen atoms in total. The first-order valence-corrected chi connectivity index (χ1v) is 10.1. The van der Waals surface area contributed by atoms with Crippen LogP contribution >= 0.6 is 23.8 Å². The molecular weight excluding hydrogens is 429 g/mol. The number of amides is 2. The number of nitrogens with zero attached hydrogens (tertiary/aromatic N) is 2. The lowest BCUT2D eigenvalue weighted by molar-refractivity contribution is -0.134. The number of thiocarbonyl (C=S) groups is 1. The van der Waals surface area contributed by atoms with Gasteiger partial charge in [-0.1, -0.05) is 36.0 Å². The van der Waals surface area contributed by atoms with Gasteiger partial charge in [-0.25, -0.2) is 4.39 Å². The summed E-state index contributed by atoms with van der Waals surface area (Å²) >= 11 is 11.3. The molecule has 0 atom stereocenters. The SMILES string of the molecule is O=C(C(=O)N1CCN(C(=O)C2=CC(Cl)=CCC2=S)CC1)c1c[nH]c2cccc(F)c12. The molecular formula is C21H17ClFN3O3S. The molecule has 0 spiro atoms. The number of carbonyl (C=O) groups excluding carboxylic acids is 3. The molecule has 0 radical (unpaired) electrons. The minimum Gasteiger partial charge on any atom is -0.360 e. The molecule has 0 unspecified atom stereocenters. The monoisotopic (exact) mass is 445 g/mol. The van der Waals surface area contributed by atoms with E-state index in [0.717, 1.165) is 0 Å². The number of allylic oxidation sites excluding steroid dienone is 3. The van der Waals surface area contributed by atoms with E-state index < -0.39 is 17.5 Å². The zero-order chi connectivity index (χ0) is 21.4. The summed E-state index contributed by atoms with van der Waals surface area (Å²) < 4.78 is 14.2. The fraction of sp³-hybridized carbons (Fsp3) is 0.238. The van der Waals surface area contributed by atoms with Crippen LogP contribution in [0.4, 0.5) is 4.39 Å². The van der Waals surface area contributed by atoms with Crippen molar-refractivity contribution in [1.82, 2.24) is 14.8 Å². The van der Waals surface area contributed by atoms with E-state index in [1.165, 1.54) is 23.2 Å². The lowest BCUT2D eigenvalue weighted by atomic mass is 10.0. The van der Waals surface area contributed by atoms with Crippen molar-refractivity contribution in [3.8, 4) is 0 Å². The molecule has 1 fully saturated rings. The Kier molecular flexibility index (Phi) is 5.53. The van der Waals surface area contributed by atoms with Crippen LogP contribution in [0.5, 0.6) is 0 Å². The van der Waals surface area contributed by atoms with Gasteiger partial charge in [-0.3, -0.25) is 14.4 Å². The third kappa shape index (κ3) is 3.68. The van der Waals surface area contributed by atoms with Gasteiger partial charge in [0.15, 0.2) is 0 Å². The maximum absolute atomic E-state index is 14.2. The molecule has 1 aromatic carbocycles. The average molecular weight is 446 g/mol. The Balaban J connectivity index is 1.44. The fourth-order valence-electron chi connectivity index (χ4n) is 3.62. The van der Waals surface area contributed by atoms with E-state index in [0.29, 0.717) is 27.4 Å². The number of carbonyl (C=O) groups is 3. The highest BCUT2D eigenvalue weighted by Crippen LogP contribution is 2.23. The number of aromatic amines is 1. The van der Waals surface area contributed by atoms with Crippen molar-refractivity contribution in [1.29, 1.82) is 0 Å². The minimum absolute atomic E-state index is 0.00532. The average Bonchev–Trinajstić information content (AvgIpc) is 3.19. The quantitative estimate of drug-likeness (QED) is 0.448. The molecule has 2 heterocycles. The molecule has 154 valence electrons. The van der Waals surface area contributed by atoms with Crippen LogP contribution in [0.2, 0.25) is 0 Å². The van der Waals surface area contributed by atoms with Gasteiger partial charge in [-0.2, -0.15) is 0 Å². The molecule has 0 saturated carbocycles. The number of nitrogens with one attached hydrogen (secondary N) is 1. The van der Waals surface area contributed by atoms with Gasteiger partial charge in [0, 0.05) is 59.6 Å². The fourth-order valence-corrected chi connectivity index (χ4v) is 4.04. The van der Waals surface area contributed by atoms with Gasteiger partial charge in [0.2, 0.25) is 0 Å². The first-order valence-electron chi connectivity index (χ1n) is 9.36. The van der Waals surface area contributed by atoms with E-state index in [1.807, 2.05) is 0 Å². The van der Waals surface area contributed by atoms with Crippen LogP contribution in [-0.2, 0) is 9.59 Å². The molecule has 4 rings (SSSR count). The lowest BCUT2D eigenvalue weighted by Gasteiger charge is -2.35. The van der Waals surface area contributed by atoms with Crippen molar-refractivity contribution in [2.24, 2.45) is 0 Å². The molecule has 1 aliphatic carbocycles.